The highest BCUT2D eigenvalue weighted by Crippen LogP contribution is 2.27. The summed E-state index contributed by atoms with van der Waals surface area (Å²) in [6, 6.07) is 6.06. The minimum Gasteiger partial charge on any atom is -0.359 e. The number of thioether (sulfide) groups is 1. The van der Waals surface area contributed by atoms with Crippen molar-refractivity contribution < 1.29 is 14.0 Å². The van der Waals surface area contributed by atoms with Crippen LogP contribution in [0.25, 0.3) is 0 Å². The van der Waals surface area contributed by atoms with Gasteiger partial charge in [-0.05, 0) is 29.7 Å². The fourth-order valence-electron chi connectivity index (χ4n) is 5.16. The monoisotopic (exact) mass is 654 g/mol. The van der Waals surface area contributed by atoms with Gasteiger partial charge in [-0.1, -0.05) is 88.6 Å². The van der Waals surface area contributed by atoms with E-state index in [2.05, 4.69) is 27.2 Å². The number of unbranched alkanes of at least 4 members (excludes halogenated alkanes) is 9. The van der Waals surface area contributed by atoms with Gasteiger partial charge < -0.3 is 19.8 Å². The van der Waals surface area contributed by atoms with Gasteiger partial charge in [-0.3, -0.25) is 14.4 Å². The molecule has 250 valence electrons. The maximum Gasteiger partial charge on any atom is 0.344 e. The summed E-state index contributed by atoms with van der Waals surface area (Å²) in [4.78, 5) is 63.2. The minimum atomic E-state index is -0.758. The molecule has 46 heavy (non-hydrogen) atoms. The molecular formula is C34H47FN6O4S. The number of carbonyl (C=O) groups excluding carboxylic acids is 2. The highest BCUT2D eigenvalue weighted by molar-refractivity contribution is 7.98. The van der Waals surface area contributed by atoms with E-state index in [1.807, 2.05) is 0 Å². The summed E-state index contributed by atoms with van der Waals surface area (Å²) in [5.74, 6) is -1.15. The summed E-state index contributed by atoms with van der Waals surface area (Å²) in [6.07, 6.45) is 16.3. The van der Waals surface area contributed by atoms with Gasteiger partial charge in [0, 0.05) is 62.9 Å². The van der Waals surface area contributed by atoms with Gasteiger partial charge in [0.15, 0.2) is 5.16 Å². The summed E-state index contributed by atoms with van der Waals surface area (Å²) in [5.41, 5.74) is 0.390. The second-order valence-corrected chi connectivity index (χ2v) is 12.5. The number of hydrogen-bond donors (Lipinski definition) is 2. The molecule has 0 aliphatic carbocycles. The summed E-state index contributed by atoms with van der Waals surface area (Å²) >= 11 is 1.27. The average Bonchev–Trinajstić information content (AvgIpc) is 3.05. The van der Waals surface area contributed by atoms with E-state index in [0.29, 0.717) is 23.0 Å². The lowest BCUT2D eigenvalue weighted by atomic mass is 9.91. The largest absolute Gasteiger partial charge is 0.359 e. The average molecular weight is 655 g/mol. The van der Waals surface area contributed by atoms with Crippen LogP contribution in [0.1, 0.15) is 100 Å². The van der Waals surface area contributed by atoms with E-state index in [1.54, 1.807) is 34.8 Å². The summed E-state index contributed by atoms with van der Waals surface area (Å²) < 4.78 is 15.1. The van der Waals surface area contributed by atoms with Crippen molar-refractivity contribution >= 4 is 23.6 Å². The maximum atomic E-state index is 13.4. The second-order valence-electron chi connectivity index (χ2n) is 11.6. The zero-order valence-corrected chi connectivity index (χ0v) is 28.0. The Labute approximate surface area is 274 Å². The van der Waals surface area contributed by atoms with Crippen LogP contribution in [0.3, 0.4) is 0 Å². The first-order valence-corrected chi connectivity index (χ1v) is 17.2. The predicted octanol–water partition coefficient (Wildman–Crippen LogP) is 5.41. The van der Waals surface area contributed by atoms with Crippen LogP contribution in [0.2, 0.25) is 0 Å². The Bertz CT molecular complexity index is 1490. The number of likely N-dealkylation sites (N-methyl/N-ethyl adjacent to an activating group) is 1. The fraction of sp³-hybridized carbons (Fsp3) is 0.529. The van der Waals surface area contributed by atoms with E-state index >= 15 is 0 Å². The van der Waals surface area contributed by atoms with Crippen molar-refractivity contribution in [2.75, 3.05) is 20.6 Å². The van der Waals surface area contributed by atoms with Gasteiger partial charge in [-0.15, -0.1) is 0 Å². The molecule has 3 aromatic rings. The van der Waals surface area contributed by atoms with Crippen LogP contribution < -0.4 is 16.6 Å². The molecule has 2 amide bonds. The molecular weight excluding hydrogens is 607 g/mol. The van der Waals surface area contributed by atoms with Crippen LogP contribution in [-0.2, 0) is 21.9 Å². The zero-order chi connectivity index (χ0) is 33.3. The van der Waals surface area contributed by atoms with Crippen LogP contribution in [0.15, 0.2) is 57.6 Å². The molecule has 10 nitrogen and oxygen atoms in total. The first-order valence-electron chi connectivity index (χ1n) is 16.2. The van der Waals surface area contributed by atoms with Crippen molar-refractivity contribution in [3.05, 3.63) is 86.2 Å². The van der Waals surface area contributed by atoms with Crippen molar-refractivity contribution in [3.63, 3.8) is 0 Å². The molecule has 0 bridgehead atoms. The van der Waals surface area contributed by atoms with E-state index < -0.39 is 17.2 Å². The highest BCUT2D eigenvalue weighted by Gasteiger charge is 2.24. The number of rotatable bonds is 20. The number of halogens is 1. The van der Waals surface area contributed by atoms with Crippen molar-refractivity contribution in [1.82, 2.24) is 29.7 Å². The Morgan fingerprint density at radius 1 is 1.02 bits per heavy atom. The van der Waals surface area contributed by atoms with E-state index in [-0.39, 0.29) is 36.2 Å². The van der Waals surface area contributed by atoms with Crippen molar-refractivity contribution in [2.45, 2.75) is 101 Å². The Morgan fingerprint density at radius 2 is 1.67 bits per heavy atom. The predicted molar refractivity (Wildman–Crippen MR) is 179 cm³/mol. The molecule has 1 unspecified atom stereocenters. The molecule has 1 aromatic carbocycles. The molecule has 2 aromatic heterocycles. The molecule has 0 fully saturated rings. The van der Waals surface area contributed by atoms with E-state index in [0.717, 1.165) is 24.8 Å². The molecule has 12 heteroatoms. The standard InChI is InChI=1S/C34H47FN6O4S/c1-4-5-6-7-8-9-10-11-12-13-18-40(3)31(43)23-41-22-29(28(19-30(42)36-2)26-20-37-33(45)38-21-26)32(44)39-34(41)46-24-25-14-16-27(35)17-15-25/h14-17,20-22,28H,4-13,18-19,23-24H2,1-3H3,(H,36,42)(H,37,38,45). The van der Waals surface area contributed by atoms with Gasteiger partial charge in [-0.25, -0.2) is 14.2 Å². The number of nitrogens with zero attached hydrogens (tertiary/aromatic N) is 4. The fourth-order valence-corrected chi connectivity index (χ4v) is 6.07. The smallest absolute Gasteiger partial charge is 0.344 e. The number of H-pyrrole nitrogens is 1. The molecule has 1 atom stereocenters. The van der Waals surface area contributed by atoms with Crippen LogP contribution >= 0.6 is 11.8 Å². The van der Waals surface area contributed by atoms with Gasteiger partial charge in [0.25, 0.3) is 5.56 Å². The minimum absolute atomic E-state index is 0.0587. The van der Waals surface area contributed by atoms with Gasteiger partial charge in [0.1, 0.15) is 12.4 Å². The molecule has 0 saturated heterocycles. The van der Waals surface area contributed by atoms with E-state index in [1.165, 1.54) is 88.3 Å². The Kier molecular flexibility index (Phi) is 15.7. The van der Waals surface area contributed by atoms with Crippen molar-refractivity contribution in [3.8, 4) is 0 Å². The molecule has 0 spiro atoms. The third-order valence-electron chi connectivity index (χ3n) is 7.98. The lowest BCUT2D eigenvalue weighted by molar-refractivity contribution is -0.130. The topological polar surface area (TPSA) is 130 Å². The Balaban J connectivity index is 1.76. The number of benzene rings is 1. The molecule has 0 aliphatic heterocycles. The van der Waals surface area contributed by atoms with Crippen LogP contribution in [0.4, 0.5) is 4.39 Å². The van der Waals surface area contributed by atoms with Crippen LogP contribution in [-0.4, -0.2) is 56.9 Å². The number of amides is 2. The lowest BCUT2D eigenvalue weighted by Gasteiger charge is -2.21. The third-order valence-corrected chi connectivity index (χ3v) is 9.05. The molecule has 2 N–H and O–H groups in total. The van der Waals surface area contributed by atoms with E-state index in [4.69, 9.17) is 0 Å². The number of aromatic amines is 1. The molecule has 3 rings (SSSR count). The number of aromatic nitrogens is 4. The summed E-state index contributed by atoms with van der Waals surface area (Å²) in [7, 11) is 3.28. The number of nitrogens with one attached hydrogen (secondary N) is 2. The SMILES string of the molecule is CCCCCCCCCCCCN(C)C(=O)Cn1cc(C(CC(=O)NC)c2cnc(=O)[nH]c2)c(=O)nc1SCc1ccc(F)cc1. The highest BCUT2D eigenvalue weighted by atomic mass is 32.2. The Morgan fingerprint density at radius 3 is 2.28 bits per heavy atom. The quantitative estimate of drug-likeness (QED) is 0.0948. The first kappa shape index (κ1) is 36.7. The van der Waals surface area contributed by atoms with Gasteiger partial charge in [0.05, 0.1) is 0 Å². The number of hydrogen-bond acceptors (Lipinski definition) is 7. The molecule has 0 radical (unpaired) electrons. The van der Waals surface area contributed by atoms with Gasteiger partial charge in [-0.2, -0.15) is 4.98 Å². The van der Waals surface area contributed by atoms with Crippen LogP contribution in [0, 0.1) is 5.82 Å². The second kappa shape index (κ2) is 19.7. The normalized spacial score (nSPS) is 11.7. The van der Waals surface area contributed by atoms with Crippen molar-refractivity contribution in [2.24, 2.45) is 0 Å². The molecule has 0 saturated carbocycles. The van der Waals surface area contributed by atoms with Crippen LogP contribution in [0.5, 0.6) is 0 Å². The Hall–Kier alpha value is -3.80. The first-order chi connectivity index (χ1) is 22.2. The summed E-state index contributed by atoms with van der Waals surface area (Å²) in [6.45, 7) is 2.79. The maximum absolute atomic E-state index is 13.4. The molecule has 2 heterocycles. The molecule has 0 aliphatic rings. The van der Waals surface area contributed by atoms with Gasteiger partial charge >= 0.3 is 5.69 Å². The van der Waals surface area contributed by atoms with Crippen molar-refractivity contribution in [1.29, 1.82) is 0 Å². The zero-order valence-electron chi connectivity index (χ0n) is 27.2. The number of carbonyl (C=O) groups is 2. The lowest BCUT2D eigenvalue weighted by Crippen LogP contribution is -2.33. The van der Waals surface area contributed by atoms with Gasteiger partial charge in [0.2, 0.25) is 11.8 Å². The summed E-state index contributed by atoms with van der Waals surface area (Å²) in [5, 5.41) is 2.91. The van der Waals surface area contributed by atoms with E-state index in [9.17, 15) is 23.6 Å². The third kappa shape index (κ3) is 12.2.